The van der Waals surface area contributed by atoms with E-state index >= 15 is 0 Å². The first-order valence-electron chi connectivity index (χ1n) is 33.0. The lowest BCUT2D eigenvalue weighted by Gasteiger charge is -2.20. The molecule has 6 heteroatoms. The highest BCUT2D eigenvalue weighted by molar-refractivity contribution is 5.76. The van der Waals surface area contributed by atoms with Crippen LogP contribution < -0.4 is 5.32 Å². The third-order valence-corrected chi connectivity index (χ3v) is 15.6. The van der Waals surface area contributed by atoms with Crippen molar-refractivity contribution in [3.63, 3.8) is 0 Å². The lowest BCUT2D eigenvalue weighted by atomic mass is 10.0. The number of esters is 1. The molecule has 72 heavy (non-hydrogen) atoms. The van der Waals surface area contributed by atoms with Gasteiger partial charge in [-0.05, 0) is 32.1 Å². The van der Waals surface area contributed by atoms with Crippen LogP contribution in [-0.4, -0.2) is 47.4 Å². The van der Waals surface area contributed by atoms with Crippen LogP contribution >= 0.6 is 0 Å². The van der Waals surface area contributed by atoms with Crippen molar-refractivity contribution in [1.82, 2.24) is 5.32 Å². The summed E-state index contributed by atoms with van der Waals surface area (Å²) in [5.41, 5.74) is 0. The summed E-state index contributed by atoms with van der Waals surface area (Å²) in [4.78, 5) is 24.5. The molecule has 0 fully saturated rings. The topological polar surface area (TPSA) is 95.9 Å². The number of nitrogens with one attached hydrogen (secondary N) is 1. The number of aliphatic hydroxyl groups is 2. The van der Waals surface area contributed by atoms with E-state index in [2.05, 4.69) is 19.2 Å². The van der Waals surface area contributed by atoms with Crippen molar-refractivity contribution >= 4 is 11.9 Å². The first kappa shape index (κ1) is 70.6. The van der Waals surface area contributed by atoms with Gasteiger partial charge in [-0.2, -0.15) is 0 Å². The molecule has 0 aliphatic heterocycles. The number of rotatable bonds is 62. The highest BCUT2D eigenvalue weighted by atomic mass is 16.5. The molecule has 0 radical (unpaired) electrons. The van der Waals surface area contributed by atoms with E-state index in [1.54, 1.807) is 6.08 Å². The fourth-order valence-corrected chi connectivity index (χ4v) is 10.5. The van der Waals surface area contributed by atoms with Crippen LogP contribution in [-0.2, 0) is 14.3 Å². The Morgan fingerprint density at radius 3 is 0.944 bits per heavy atom. The highest BCUT2D eigenvalue weighted by Gasteiger charge is 2.18. The molecule has 2 unspecified atom stereocenters. The van der Waals surface area contributed by atoms with Crippen molar-refractivity contribution in [3.05, 3.63) is 12.2 Å². The van der Waals surface area contributed by atoms with Gasteiger partial charge >= 0.3 is 5.97 Å². The second kappa shape index (κ2) is 62.1. The summed E-state index contributed by atoms with van der Waals surface area (Å²) in [6.45, 7) is 4.93. The van der Waals surface area contributed by atoms with Gasteiger partial charge in [0.15, 0.2) is 0 Å². The molecule has 428 valence electrons. The summed E-state index contributed by atoms with van der Waals surface area (Å²) >= 11 is 0. The number of hydrogen-bond acceptors (Lipinski definition) is 5. The molecule has 0 aromatic heterocycles. The molecule has 3 N–H and O–H groups in total. The van der Waals surface area contributed by atoms with Gasteiger partial charge in [0.2, 0.25) is 5.91 Å². The molecular formula is C66H129NO5. The SMILES string of the molecule is CCCCCCCCCCCCCC/C=C/C(O)C(CO)NC(=O)CCCCCCCCCCCCCCCCCCCCCCCCCCCCCCCOC(=O)CCCCCCCCCCCCCC. The van der Waals surface area contributed by atoms with Gasteiger partial charge in [0, 0.05) is 12.8 Å². The Labute approximate surface area is 450 Å². The third kappa shape index (κ3) is 57.9. The van der Waals surface area contributed by atoms with E-state index in [1.807, 2.05) is 6.08 Å². The number of amides is 1. The number of unbranched alkanes of at least 4 members (excludes halogenated alkanes) is 51. The molecule has 0 aromatic carbocycles. The zero-order valence-corrected chi connectivity index (χ0v) is 48.9. The van der Waals surface area contributed by atoms with Gasteiger partial charge in [-0.3, -0.25) is 9.59 Å². The smallest absolute Gasteiger partial charge is 0.305 e. The van der Waals surface area contributed by atoms with Gasteiger partial charge in [0.05, 0.1) is 25.4 Å². The van der Waals surface area contributed by atoms with Crippen molar-refractivity contribution in [2.24, 2.45) is 0 Å². The third-order valence-electron chi connectivity index (χ3n) is 15.6. The normalized spacial score (nSPS) is 12.6. The average Bonchev–Trinajstić information content (AvgIpc) is 3.38. The molecule has 0 aliphatic rings. The van der Waals surface area contributed by atoms with Gasteiger partial charge in [-0.15, -0.1) is 0 Å². The molecule has 0 aromatic rings. The number of hydrogen-bond donors (Lipinski definition) is 3. The van der Waals surface area contributed by atoms with E-state index in [-0.39, 0.29) is 18.5 Å². The molecule has 0 rings (SSSR count). The summed E-state index contributed by atoms with van der Waals surface area (Å²) in [7, 11) is 0. The van der Waals surface area contributed by atoms with Crippen LogP contribution in [0.1, 0.15) is 373 Å². The standard InChI is InChI=1S/C66H129NO5/c1-3-5-7-9-11-13-15-17-35-38-42-46-50-54-58-64(69)63(62-68)67-65(70)59-55-51-47-43-39-36-33-31-29-27-25-23-21-19-18-20-22-24-26-28-30-32-34-37-41-45-49-53-57-61-72-66(71)60-56-52-48-44-40-16-14-12-10-8-6-4-2/h54,58,63-64,68-69H,3-53,55-57,59-62H2,1-2H3,(H,67,70)/b58-54+. The van der Waals surface area contributed by atoms with Crippen LogP contribution in [0.5, 0.6) is 0 Å². The van der Waals surface area contributed by atoms with Crippen molar-refractivity contribution in [2.75, 3.05) is 13.2 Å². The molecule has 6 nitrogen and oxygen atoms in total. The van der Waals surface area contributed by atoms with Gasteiger partial charge in [-0.1, -0.05) is 341 Å². The maximum absolute atomic E-state index is 12.5. The Hall–Kier alpha value is -1.40. The monoisotopic (exact) mass is 1020 g/mol. The quantitative estimate of drug-likeness (QED) is 0.0320. The van der Waals surface area contributed by atoms with E-state index in [4.69, 9.17) is 4.74 Å². The van der Waals surface area contributed by atoms with Gasteiger partial charge in [-0.25, -0.2) is 0 Å². The van der Waals surface area contributed by atoms with Crippen molar-refractivity contribution in [2.45, 2.75) is 386 Å². The van der Waals surface area contributed by atoms with Crippen LogP contribution in [0.4, 0.5) is 0 Å². The number of carbonyl (C=O) groups is 2. The van der Waals surface area contributed by atoms with E-state index in [1.165, 1.54) is 308 Å². The number of aliphatic hydroxyl groups excluding tert-OH is 2. The fourth-order valence-electron chi connectivity index (χ4n) is 10.5. The predicted molar refractivity (Wildman–Crippen MR) is 315 cm³/mol. The first-order chi connectivity index (χ1) is 35.5. The Kier molecular flexibility index (Phi) is 60.9. The van der Waals surface area contributed by atoms with Crippen molar-refractivity contribution in [3.8, 4) is 0 Å². The minimum absolute atomic E-state index is 0.0204. The van der Waals surface area contributed by atoms with E-state index < -0.39 is 12.1 Å². The van der Waals surface area contributed by atoms with Gasteiger partial charge in [0.1, 0.15) is 0 Å². The largest absolute Gasteiger partial charge is 0.466 e. The Bertz CT molecular complexity index is 1080. The summed E-state index contributed by atoms with van der Waals surface area (Å²) in [6.07, 6.45) is 75.6. The second-order valence-corrected chi connectivity index (χ2v) is 22.8. The Morgan fingerprint density at radius 1 is 0.375 bits per heavy atom. The number of ether oxygens (including phenoxy) is 1. The zero-order chi connectivity index (χ0) is 52.2. The summed E-state index contributed by atoms with van der Waals surface area (Å²) in [5, 5.41) is 23.1. The van der Waals surface area contributed by atoms with E-state index in [0.717, 1.165) is 38.5 Å². The Morgan fingerprint density at radius 2 is 0.639 bits per heavy atom. The predicted octanol–water partition coefficient (Wildman–Crippen LogP) is 20.8. The molecule has 0 aliphatic carbocycles. The molecule has 0 saturated heterocycles. The maximum atomic E-state index is 12.5. The first-order valence-corrected chi connectivity index (χ1v) is 33.0. The zero-order valence-electron chi connectivity index (χ0n) is 48.9. The summed E-state index contributed by atoms with van der Waals surface area (Å²) in [5.74, 6) is -0.0418. The molecule has 0 spiro atoms. The van der Waals surface area contributed by atoms with Crippen LogP contribution in [0.3, 0.4) is 0 Å². The molecule has 0 bridgehead atoms. The fraction of sp³-hybridized carbons (Fsp3) is 0.939. The second-order valence-electron chi connectivity index (χ2n) is 22.8. The van der Waals surface area contributed by atoms with E-state index in [9.17, 15) is 19.8 Å². The van der Waals surface area contributed by atoms with Crippen molar-refractivity contribution < 1.29 is 24.5 Å². The lowest BCUT2D eigenvalue weighted by molar-refractivity contribution is -0.143. The lowest BCUT2D eigenvalue weighted by Crippen LogP contribution is -2.45. The highest BCUT2D eigenvalue weighted by Crippen LogP contribution is 2.19. The Balaban J connectivity index is 3.34. The minimum atomic E-state index is -0.840. The maximum Gasteiger partial charge on any atom is 0.305 e. The summed E-state index contributed by atoms with van der Waals surface area (Å²) < 4.78 is 5.48. The molecule has 1 amide bonds. The summed E-state index contributed by atoms with van der Waals surface area (Å²) in [6, 6.07) is -0.624. The molecule has 0 heterocycles. The van der Waals surface area contributed by atoms with Crippen LogP contribution in [0.15, 0.2) is 12.2 Å². The molecule has 2 atom stereocenters. The van der Waals surface area contributed by atoms with E-state index in [0.29, 0.717) is 19.4 Å². The molecular weight excluding hydrogens is 887 g/mol. The number of allylic oxidation sites excluding steroid dienone is 1. The van der Waals surface area contributed by atoms with Gasteiger partial charge < -0.3 is 20.3 Å². The van der Waals surface area contributed by atoms with Crippen molar-refractivity contribution in [1.29, 1.82) is 0 Å². The van der Waals surface area contributed by atoms with Crippen LogP contribution in [0.2, 0.25) is 0 Å². The van der Waals surface area contributed by atoms with Crippen LogP contribution in [0.25, 0.3) is 0 Å². The van der Waals surface area contributed by atoms with Crippen LogP contribution in [0, 0.1) is 0 Å². The number of carbonyl (C=O) groups excluding carboxylic acids is 2. The average molecular weight is 1020 g/mol. The molecule has 0 saturated carbocycles. The van der Waals surface area contributed by atoms with Gasteiger partial charge in [0.25, 0.3) is 0 Å². The minimum Gasteiger partial charge on any atom is -0.466 e.